The summed E-state index contributed by atoms with van der Waals surface area (Å²) < 4.78 is 1.97. The van der Waals surface area contributed by atoms with Gasteiger partial charge in [0.05, 0.1) is 11.4 Å². The molecule has 0 radical (unpaired) electrons. The Morgan fingerprint density at radius 1 is 1.07 bits per heavy atom. The molecule has 0 saturated carbocycles. The number of aryl methyl sites for hydroxylation is 3. The van der Waals surface area contributed by atoms with Crippen LogP contribution >= 0.6 is 0 Å². The fraction of sp³-hybridized carbons (Fsp3) is 0.250. The molecule has 72 valence electrons. The molecule has 0 aliphatic heterocycles. The largest absolute Gasteiger partial charge is 0.238 e. The van der Waals surface area contributed by atoms with Crippen LogP contribution in [0.15, 0.2) is 30.3 Å². The van der Waals surface area contributed by atoms with E-state index in [1.165, 1.54) is 11.3 Å². The first-order chi connectivity index (χ1) is 6.66. The molecule has 0 saturated heterocycles. The highest BCUT2D eigenvalue weighted by atomic mass is 15.3. The Morgan fingerprint density at radius 3 is 2.43 bits per heavy atom. The van der Waals surface area contributed by atoms with E-state index in [2.05, 4.69) is 49.3 Å². The molecule has 0 unspecified atom stereocenters. The van der Waals surface area contributed by atoms with Crippen LogP contribution < -0.4 is 0 Å². The van der Waals surface area contributed by atoms with Gasteiger partial charge in [0.25, 0.3) is 0 Å². The van der Waals surface area contributed by atoms with E-state index in [0.29, 0.717) is 0 Å². The number of benzene rings is 1. The summed E-state index contributed by atoms with van der Waals surface area (Å²) >= 11 is 0. The quantitative estimate of drug-likeness (QED) is 0.669. The molecule has 1 aromatic carbocycles. The third-order valence-electron chi connectivity index (χ3n) is 2.26. The van der Waals surface area contributed by atoms with Crippen molar-refractivity contribution in [3.8, 4) is 5.69 Å². The zero-order valence-corrected chi connectivity index (χ0v) is 8.78. The Labute approximate surface area is 84.2 Å². The van der Waals surface area contributed by atoms with E-state index in [4.69, 9.17) is 0 Å². The normalized spacial score (nSPS) is 10.5. The number of rotatable bonds is 1. The molecule has 0 fully saturated rings. The van der Waals surface area contributed by atoms with Gasteiger partial charge in [-0.15, -0.1) is 0 Å². The van der Waals surface area contributed by atoms with Gasteiger partial charge in [0.1, 0.15) is 0 Å². The predicted octanol–water partition coefficient (Wildman–Crippen LogP) is 2.80. The maximum atomic E-state index is 4.44. The molecular formula is C12H14N2. The van der Waals surface area contributed by atoms with Gasteiger partial charge >= 0.3 is 0 Å². The zero-order valence-electron chi connectivity index (χ0n) is 8.78. The van der Waals surface area contributed by atoms with Crippen molar-refractivity contribution in [1.82, 2.24) is 9.78 Å². The zero-order chi connectivity index (χ0) is 10.1. The Hall–Kier alpha value is -1.57. The lowest BCUT2D eigenvalue weighted by atomic mass is 10.2. The molecule has 0 bridgehead atoms. The average molecular weight is 186 g/mol. The van der Waals surface area contributed by atoms with E-state index in [1.54, 1.807) is 0 Å². The minimum Gasteiger partial charge on any atom is -0.238 e. The van der Waals surface area contributed by atoms with E-state index in [0.717, 1.165) is 11.4 Å². The molecular weight excluding hydrogens is 172 g/mol. The van der Waals surface area contributed by atoms with Gasteiger partial charge in [0, 0.05) is 5.69 Å². The topological polar surface area (TPSA) is 17.8 Å². The molecule has 0 amide bonds. The Morgan fingerprint density at radius 2 is 1.86 bits per heavy atom. The Balaban J connectivity index is 2.54. The van der Waals surface area contributed by atoms with Gasteiger partial charge in [-0.2, -0.15) is 5.10 Å². The highest BCUT2D eigenvalue weighted by Gasteiger charge is 2.02. The third-order valence-corrected chi connectivity index (χ3v) is 2.26. The standard InChI is InChI=1S/C12H14N2/c1-9-5-4-6-12(7-9)14-11(3)8-10(2)13-14/h4-8H,1-3H3. The van der Waals surface area contributed by atoms with Crippen LogP contribution in [0.1, 0.15) is 17.0 Å². The van der Waals surface area contributed by atoms with Crippen LogP contribution in [0, 0.1) is 20.8 Å². The second kappa shape index (κ2) is 3.29. The molecule has 0 aliphatic carbocycles. The van der Waals surface area contributed by atoms with E-state index in [-0.39, 0.29) is 0 Å². The maximum absolute atomic E-state index is 4.44. The molecule has 2 rings (SSSR count). The van der Waals surface area contributed by atoms with Crippen molar-refractivity contribution in [3.63, 3.8) is 0 Å². The summed E-state index contributed by atoms with van der Waals surface area (Å²) in [5, 5.41) is 4.44. The smallest absolute Gasteiger partial charge is 0.0651 e. The minimum atomic E-state index is 1.06. The van der Waals surface area contributed by atoms with Gasteiger partial charge in [0.2, 0.25) is 0 Å². The minimum absolute atomic E-state index is 1.06. The van der Waals surface area contributed by atoms with E-state index < -0.39 is 0 Å². The molecule has 0 spiro atoms. The summed E-state index contributed by atoms with van der Waals surface area (Å²) in [5.41, 5.74) is 4.63. The van der Waals surface area contributed by atoms with Crippen LogP contribution in [0.25, 0.3) is 5.69 Å². The molecule has 0 aliphatic rings. The lowest BCUT2D eigenvalue weighted by molar-refractivity contribution is 0.832. The van der Waals surface area contributed by atoms with Crippen LogP contribution in [-0.4, -0.2) is 9.78 Å². The summed E-state index contributed by atoms with van der Waals surface area (Å²) in [4.78, 5) is 0. The molecule has 2 nitrogen and oxygen atoms in total. The van der Waals surface area contributed by atoms with E-state index >= 15 is 0 Å². The Bertz CT molecular complexity index is 455. The lowest BCUT2D eigenvalue weighted by Crippen LogP contribution is -1.98. The van der Waals surface area contributed by atoms with Crippen molar-refractivity contribution in [2.24, 2.45) is 0 Å². The summed E-state index contributed by atoms with van der Waals surface area (Å²) in [6.07, 6.45) is 0. The average Bonchev–Trinajstić information content (AvgIpc) is 2.45. The molecule has 14 heavy (non-hydrogen) atoms. The van der Waals surface area contributed by atoms with Crippen molar-refractivity contribution in [2.45, 2.75) is 20.8 Å². The van der Waals surface area contributed by atoms with Gasteiger partial charge in [-0.1, -0.05) is 12.1 Å². The monoisotopic (exact) mass is 186 g/mol. The summed E-state index contributed by atoms with van der Waals surface area (Å²) in [7, 11) is 0. The predicted molar refractivity (Wildman–Crippen MR) is 57.8 cm³/mol. The Kier molecular flexibility index (Phi) is 2.12. The highest BCUT2D eigenvalue weighted by Crippen LogP contribution is 2.12. The van der Waals surface area contributed by atoms with Crippen molar-refractivity contribution in [2.75, 3.05) is 0 Å². The molecule has 0 atom stereocenters. The SMILES string of the molecule is Cc1cccc(-n2nc(C)cc2C)c1. The second-order valence-corrected chi connectivity index (χ2v) is 3.68. The van der Waals surface area contributed by atoms with Gasteiger partial charge in [-0.25, -0.2) is 4.68 Å². The van der Waals surface area contributed by atoms with Crippen molar-refractivity contribution in [3.05, 3.63) is 47.3 Å². The van der Waals surface area contributed by atoms with Crippen molar-refractivity contribution < 1.29 is 0 Å². The first-order valence-electron chi connectivity index (χ1n) is 4.77. The number of nitrogens with zero attached hydrogens (tertiary/aromatic N) is 2. The van der Waals surface area contributed by atoms with Crippen LogP contribution in [0.3, 0.4) is 0 Å². The third kappa shape index (κ3) is 1.55. The summed E-state index contributed by atoms with van der Waals surface area (Å²) in [6, 6.07) is 10.4. The van der Waals surface area contributed by atoms with Gasteiger partial charge in [-0.3, -0.25) is 0 Å². The lowest BCUT2D eigenvalue weighted by Gasteiger charge is -2.04. The molecule has 0 N–H and O–H groups in total. The summed E-state index contributed by atoms with van der Waals surface area (Å²) in [5.74, 6) is 0. The first-order valence-corrected chi connectivity index (χ1v) is 4.77. The highest BCUT2D eigenvalue weighted by molar-refractivity contribution is 5.36. The molecule has 2 heteroatoms. The van der Waals surface area contributed by atoms with Gasteiger partial charge in [-0.05, 0) is 44.5 Å². The molecule has 2 aromatic rings. The van der Waals surface area contributed by atoms with Gasteiger partial charge < -0.3 is 0 Å². The molecule has 1 aromatic heterocycles. The molecule has 1 heterocycles. The van der Waals surface area contributed by atoms with Crippen LogP contribution in [0.4, 0.5) is 0 Å². The van der Waals surface area contributed by atoms with Crippen LogP contribution in [0.2, 0.25) is 0 Å². The fourth-order valence-corrected chi connectivity index (χ4v) is 1.65. The van der Waals surface area contributed by atoms with E-state index in [9.17, 15) is 0 Å². The maximum Gasteiger partial charge on any atom is 0.0651 e. The van der Waals surface area contributed by atoms with Gasteiger partial charge in [0.15, 0.2) is 0 Å². The number of hydrogen-bond donors (Lipinski definition) is 0. The first kappa shape index (κ1) is 9.00. The number of aromatic nitrogens is 2. The van der Waals surface area contributed by atoms with Crippen LogP contribution in [-0.2, 0) is 0 Å². The van der Waals surface area contributed by atoms with Crippen molar-refractivity contribution >= 4 is 0 Å². The second-order valence-electron chi connectivity index (χ2n) is 3.68. The van der Waals surface area contributed by atoms with Crippen LogP contribution in [0.5, 0.6) is 0 Å². The van der Waals surface area contributed by atoms with E-state index in [1.807, 2.05) is 11.6 Å². The summed E-state index contributed by atoms with van der Waals surface area (Å²) in [6.45, 7) is 6.18. The fourth-order valence-electron chi connectivity index (χ4n) is 1.65. The van der Waals surface area contributed by atoms with Crippen molar-refractivity contribution in [1.29, 1.82) is 0 Å². The number of hydrogen-bond acceptors (Lipinski definition) is 1.